The highest BCUT2D eigenvalue weighted by Crippen LogP contribution is 2.21. The summed E-state index contributed by atoms with van der Waals surface area (Å²) in [5.41, 5.74) is 3.35. The van der Waals surface area contributed by atoms with Gasteiger partial charge in [0.1, 0.15) is 6.04 Å². The highest BCUT2D eigenvalue weighted by atomic mass is 35.5. The van der Waals surface area contributed by atoms with Crippen LogP contribution < -0.4 is 9.62 Å². The lowest BCUT2D eigenvalue weighted by atomic mass is 10.0. The van der Waals surface area contributed by atoms with Crippen molar-refractivity contribution in [2.45, 2.75) is 45.7 Å². The number of amides is 2. The molecule has 0 radical (unpaired) electrons. The maximum absolute atomic E-state index is 13.7. The lowest BCUT2D eigenvalue weighted by Gasteiger charge is -2.32. The van der Waals surface area contributed by atoms with E-state index in [1.165, 1.54) is 4.31 Å². The molecule has 7 nitrogen and oxygen atoms in total. The Morgan fingerprint density at radius 3 is 2.15 bits per heavy atom. The molecule has 2 amide bonds. The van der Waals surface area contributed by atoms with E-state index < -0.39 is 16.1 Å². The average molecular weight is 570 g/mol. The summed E-state index contributed by atoms with van der Waals surface area (Å²) in [5, 5.41) is 3.46. The minimum atomic E-state index is -3.55. The summed E-state index contributed by atoms with van der Waals surface area (Å²) in [5.74, 6) is -0.462. The summed E-state index contributed by atoms with van der Waals surface area (Å²) in [6.07, 6.45) is 1.89. The molecule has 0 spiro atoms. The Bertz CT molecular complexity index is 1330. The Hall–Kier alpha value is -3.36. The van der Waals surface area contributed by atoms with Crippen molar-refractivity contribution >= 4 is 39.1 Å². The summed E-state index contributed by atoms with van der Waals surface area (Å²) >= 11 is 6.07. The summed E-state index contributed by atoms with van der Waals surface area (Å²) in [4.78, 5) is 28.6. The minimum absolute atomic E-state index is 0.0795. The van der Waals surface area contributed by atoms with Gasteiger partial charge in [0.05, 0.1) is 11.9 Å². The summed E-state index contributed by atoms with van der Waals surface area (Å²) < 4.78 is 26.4. The number of nitrogens with zero attached hydrogens (tertiary/aromatic N) is 2. The Morgan fingerprint density at radius 1 is 0.923 bits per heavy atom. The second kappa shape index (κ2) is 14.1. The van der Waals surface area contributed by atoms with Crippen molar-refractivity contribution in [2.75, 3.05) is 23.7 Å². The van der Waals surface area contributed by atoms with Gasteiger partial charge in [-0.2, -0.15) is 0 Å². The molecule has 3 aromatic carbocycles. The lowest BCUT2D eigenvalue weighted by Crippen LogP contribution is -2.50. The molecule has 0 fully saturated rings. The second-order valence-electron chi connectivity index (χ2n) is 9.52. The van der Waals surface area contributed by atoms with Gasteiger partial charge >= 0.3 is 0 Å². The molecule has 1 N–H and O–H groups in total. The van der Waals surface area contributed by atoms with Crippen LogP contribution in [0.3, 0.4) is 0 Å². The molecule has 0 aliphatic heterocycles. The number of carbonyl (C=O) groups excluding carboxylic acids is 2. The van der Waals surface area contributed by atoms with E-state index >= 15 is 0 Å². The van der Waals surface area contributed by atoms with Crippen molar-refractivity contribution in [3.05, 3.63) is 101 Å². The minimum Gasteiger partial charge on any atom is -0.355 e. The Morgan fingerprint density at radius 2 is 1.56 bits per heavy atom. The fourth-order valence-corrected chi connectivity index (χ4v) is 5.44. The molecule has 39 heavy (non-hydrogen) atoms. The standard InChI is InChI=1S/C30H36ClN3O4S/c1-4-32-30(36)28(21-24-9-6-5-7-10-24)33(22-25-14-16-26(31)17-15-25)29(35)11-8-20-34(39(3,37)38)27-18-12-23(2)13-19-27/h5-7,9-10,12-19,28H,4,8,11,20-22H2,1-3H3,(H,32,36)/t28-/m1/s1. The number of nitrogens with one attached hydrogen (secondary N) is 1. The van der Waals surface area contributed by atoms with Gasteiger partial charge < -0.3 is 10.2 Å². The molecule has 208 valence electrons. The smallest absolute Gasteiger partial charge is 0.243 e. The predicted molar refractivity (Wildman–Crippen MR) is 157 cm³/mol. The number of anilines is 1. The number of benzene rings is 3. The molecule has 0 aromatic heterocycles. The normalized spacial score (nSPS) is 12.0. The topological polar surface area (TPSA) is 86.8 Å². The summed E-state index contributed by atoms with van der Waals surface area (Å²) in [6.45, 7) is 4.58. The molecule has 9 heteroatoms. The third kappa shape index (κ3) is 9.11. The van der Waals surface area contributed by atoms with Crippen molar-refractivity contribution in [2.24, 2.45) is 0 Å². The van der Waals surface area contributed by atoms with Gasteiger partial charge in [0.25, 0.3) is 0 Å². The van der Waals surface area contributed by atoms with Gasteiger partial charge in [-0.25, -0.2) is 8.42 Å². The first-order valence-electron chi connectivity index (χ1n) is 13.0. The van der Waals surface area contributed by atoms with Crippen LogP contribution in [0.15, 0.2) is 78.9 Å². The molecular formula is C30H36ClN3O4S. The SMILES string of the molecule is CCNC(=O)[C@@H](Cc1ccccc1)N(Cc1ccc(Cl)cc1)C(=O)CCCN(c1ccc(C)cc1)S(C)(=O)=O. The van der Waals surface area contributed by atoms with Gasteiger partial charge in [-0.1, -0.05) is 71.8 Å². The molecule has 1 atom stereocenters. The predicted octanol–water partition coefficient (Wildman–Crippen LogP) is 4.97. The van der Waals surface area contributed by atoms with Crippen LogP contribution in [0.2, 0.25) is 5.02 Å². The molecule has 0 saturated heterocycles. The van der Waals surface area contributed by atoms with E-state index in [2.05, 4.69) is 5.32 Å². The van der Waals surface area contributed by atoms with Crippen molar-refractivity contribution in [1.29, 1.82) is 0 Å². The van der Waals surface area contributed by atoms with Gasteiger partial charge in [0.15, 0.2) is 0 Å². The van der Waals surface area contributed by atoms with E-state index in [1.807, 2.05) is 68.4 Å². The monoisotopic (exact) mass is 569 g/mol. The molecule has 0 aliphatic rings. The van der Waals surface area contributed by atoms with Gasteiger partial charge in [-0.3, -0.25) is 13.9 Å². The van der Waals surface area contributed by atoms with Crippen molar-refractivity contribution in [1.82, 2.24) is 10.2 Å². The van der Waals surface area contributed by atoms with E-state index in [1.54, 1.807) is 29.2 Å². The number of carbonyl (C=O) groups is 2. The molecule has 3 rings (SSSR count). The molecular weight excluding hydrogens is 534 g/mol. The first-order chi connectivity index (χ1) is 18.6. The molecule has 0 unspecified atom stereocenters. The largest absolute Gasteiger partial charge is 0.355 e. The fourth-order valence-electron chi connectivity index (χ4n) is 4.35. The Labute approximate surface area is 236 Å². The second-order valence-corrected chi connectivity index (χ2v) is 11.9. The third-order valence-corrected chi connectivity index (χ3v) is 7.81. The van der Waals surface area contributed by atoms with Crippen LogP contribution in [0.25, 0.3) is 0 Å². The van der Waals surface area contributed by atoms with Gasteiger partial charge in [-0.05, 0) is 55.7 Å². The molecule has 0 heterocycles. The van der Waals surface area contributed by atoms with Crippen molar-refractivity contribution < 1.29 is 18.0 Å². The van der Waals surface area contributed by atoms with Crippen LogP contribution in [0.5, 0.6) is 0 Å². The average Bonchev–Trinajstić information content (AvgIpc) is 2.90. The first-order valence-corrected chi connectivity index (χ1v) is 15.2. The number of hydrogen-bond donors (Lipinski definition) is 1. The van der Waals surface area contributed by atoms with E-state index in [9.17, 15) is 18.0 Å². The molecule has 0 saturated carbocycles. The molecule has 0 bridgehead atoms. The van der Waals surface area contributed by atoms with Crippen LogP contribution in [0.4, 0.5) is 5.69 Å². The van der Waals surface area contributed by atoms with Crippen molar-refractivity contribution in [3.63, 3.8) is 0 Å². The maximum atomic E-state index is 13.7. The van der Waals surface area contributed by atoms with E-state index in [4.69, 9.17) is 11.6 Å². The Balaban J connectivity index is 1.85. The van der Waals surface area contributed by atoms with Crippen LogP contribution in [-0.4, -0.2) is 50.5 Å². The van der Waals surface area contributed by atoms with Gasteiger partial charge in [-0.15, -0.1) is 0 Å². The van der Waals surface area contributed by atoms with Crippen LogP contribution in [0, 0.1) is 6.92 Å². The van der Waals surface area contributed by atoms with E-state index in [0.29, 0.717) is 30.1 Å². The number of halogens is 1. The summed E-state index contributed by atoms with van der Waals surface area (Å²) in [7, 11) is -3.55. The van der Waals surface area contributed by atoms with Crippen molar-refractivity contribution in [3.8, 4) is 0 Å². The van der Waals surface area contributed by atoms with Gasteiger partial charge in [0.2, 0.25) is 21.8 Å². The van der Waals surface area contributed by atoms with Crippen LogP contribution >= 0.6 is 11.6 Å². The Kier molecular flexibility index (Phi) is 10.9. The highest BCUT2D eigenvalue weighted by molar-refractivity contribution is 7.92. The first kappa shape index (κ1) is 30.2. The molecule has 0 aliphatic carbocycles. The zero-order chi connectivity index (χ0) is 28.4. The zero-order valence-corrected chi connectivity index (χ0v) is 24.2. The number of hydrogen-bond acceptors (Lipinski definition) is 4. The molecule has 3 aromatic rings. The number of rotatable bonds is 13. The third-order valence-electron chi connectivity index (χ3n) is 6.36. The number of sulfonamides is 1. The zero-order valence-electron chi connectivity index (χ0n) is 22.6. The number of aryl methyl sites for hydroxylation is 1. The van der Waals surface area contributed by atoms with Crippen LogP contribution in [-0.2, 0) is 32.6 Å². The van der Waals surface area contributed by atoms with Crippen LogP contribution in [0.1, 0.15) is 36.5 Å². The lowest BCUT2D eigenvalue weighted by molar-refractivity contribution is -0.141. The summed E-state index contributed by atoms with van der Waals surface area (Å²) in [6, 6.07) is 23.2. The quantitative estimate of drug-likeness (QED) is 0.315. The van der Waals surface area contributed by atoms with Gasteiger partial charge in [0, 0.05) is 37.5 Å². The number of likely N-dealkylation sites (N-methyl/N-ethyl adjacent to an activating group) is 1. The van der Waals surface area contributed by atoms with E-state index in [-0.39, 0.29) is 31.3 Å². The highest BCUT2D eigenvalue weighted by Gasteiger charge is 2.30. The van der Waals surface area contributed by atoms with E-state index in [0.717, 1.165) is 22.9 Å². The maximum Gasteiger partial charge on any atom is 0.243 e. The fraction of sp³-hybridized carbons (Fsp3) is 0.333.